The van der Waals surface area contributed by atoms with Crippen LogP contribution in [0.4, 0.5) is 0 Å². The number of carbonyl (C=O) groups is 1. The molecule has 0 spiro atoms. The topological polar surface area (TPSA) is 35.5 Å². The lowest BCUT2D eigenvalue weighted by Crippen LogP contribution is -2.62. The second-order valence-corrected chi connectivity index (χ2v) is 7.64. The maximum absolute atomic E-state index is 11.8. The summed E-state index contributed by atoms with van der Waals surface area (Å²) in [6, 6.07) is 0. The van der Waals surface area contributed by atoms with Crippen LogP contribution in [0.5, 0.6) is 0 Å². The minimum Gasteiger partial charge on any atom is -0.432 e. The highest BCUT2D eigenvalue weighted by Crippen LogP contribution is 2.65. The first kappa shape index (κ1) is 13.4. The first-order valence-electron chi connectivity index (χ1n) is 7.63. The van der Waals surface area contributed by atoms with Crippen molar-refractivity contribution < 1.29 is 14.3 Å². The quantitative estimate of drug-likeness (QED) is 0.681. The Balaban J connectivity index is 2.06. The number of rotatable bonds is 1. The maximum atomic E-state index is 11.8. The summed E-state index contributed by atoms with van der Waals surface area (Å²) in [5.74, 6) is 0.0955. The van der Waals surface area contributed by atoms with Gasteiger partial charge in [-0.05, 0) is 37.0 Å². The monoisotopic (exact) mass is 266 g/mol. The van der Waals surface area contributed by atoms with Gasteiger partial charge in [0.1, 0.15) is 0 Å². The fourth-order valence-electron chi connectivity index (χ4n) is 5.56. The fourth-order valence-corrected chi connectivity index (χ4v) is 5.56. The summed E-state index contributed by atoms with van der Waals surface area (Å²) >= 11 is 0. The third kappa shape index (κ3) is 1.57. The molecule has 0 unspecified atom stereocenters. The van der Waals surface area contributed by atoms with E-state index < -0.39 is 5.79 Å². The van der Waals surface area contributed by atoms with E-state index in [1.807, 2.05) is 0 Å². The van der Waals surface area contributed by atoms with Gasteiger partial charge in [-0.3, -0.25) is 4.79 Å². The molecular weight excluding hydrogens is 240 g/mol. The normalized spacial score (nSPS) is 48.3. The molecular formula is C16H26O3. The number of hydrogen-bond acceptors (Lipinski definition) is 3. The Morgan fingerprint density at radius 3 is 2.63 bits per heavy atom. The molecule has 3 aliphatic rings. The Morgan fingerprint density at radius 1 is 1.21 bits per heavy atom. The standard InChI is InChI=1S/C16H26O3/c1-14(2)8-5-9-15(3)12(14)7-6-11-10-13(17)19-16(11,15)18-4/h11-12H,5-10H2,1-4H3/t11-,12+,15+,16+/m1/s1. The number of ether oxygens (including phenoxy) is 2. The summed E-state index contributed by atoms with van der Waals surface area (Å²) in [6.45, 7) is 7.04. The van der Waals surface area contributed by atoms with Crippen molar-refractivity contribution in [3.63, 3.8) is 0 Å². The Kier molecular flexibility index (Phi) is 2.80. The second kappa shape index (κ2) is 3.97. The number of carbonyl (C=O) groups excluding carboxylic acids is 1. The lowest BCUT2D eigenvalue weighted by molar-refractivity contribution is -0.317. The number of methoxy groups -OCH3 is 1. The van der Waals surface area contributed by atoms with Gasteiger partial charge in [0, 0.05) is 18.4 Å². The van der Waals surface area contributed by atoms with Gasteiger partial charge in [-0.15, -0.1) is 0 Å². The van der Waals surface area contributed by atoms with Crippen LogP contribution < -0.4 is 0 Å². The Morgan fingerprint density at radius 2 is 1.95 bits per heavy atom. The van der Waals surface area contributed by atoms with Gasteiger partial charge in [0.15, 0.2) is 0 Å². The molecule has 0 radical (unpaired) electrons. The van der Waals surface area contributed by atoms with E-state index in [1.165, 1.54) is 19.3 Å². The summed E-state index contributed by atoms with van der Waals surface area (Å²) in [5.41, 5.74) is 0.289. The smallest absolute Gasteiger partial charge is 0.308 e. The van der Waals surface area contributed by atoms with Crippen LogP contribution in [0.1, 0.15) is 59.3 Å². The lowest BCUT2D eigenvalue weighted by atomic mass is 9.48. The van der Waals surface area contributed by atoms with Gasteiger partial charge in [-0.1, -0.05) is 27.2 Å². The third-order valence-corrected chi connectivity index (χ3v) is 6.35. The molecule has 0 aromatic carbocycles. The summed E-state index contributed by atoms with van der Waals surface area (Å²) in [4.78, 5) is 11.8. The summed E-state index contributed by atoms with van der Waals surface area (Å²) in [6.07, 6.45) is 6.38. The summed E-state index contributed by atoms with van der Waals surface area (Å²) < 4.78 is 11.7. The van der Waals surface area contributed by atoms with Crippen molar-refractivity contribution in [2.24, 2.45) is 22.7 Å². The van der Waals surface area contributed by atoms with Crippen LogP contribution in [0, 0.1) is 22.7 Å². The highest BCUT2D eigenvalue weighted by molar-refractivity contribution is 5.73. The second-order valence-electron chi connectivity index (χ2n) is 7.64. The van der Waals surface area contributed by atoms with E-state index in [-0.39, 0.29) is 17.3 Å². The van der Waals surface area contributed by atoms with E-state index in [4.69, 9.17) is 9.47 Å². The molecule has 3 nitrogen and oxygen atoms in total. The van der Waals surface area contributed by atoms with Crippen LogP contribution in [0.15, 0.2) is 0 Å². The van der Waals surface area contributed by atoms with Gasteiger partial charge in [0.2, 0.25) is 5.79 Å². The highest BCUT2D eigenvalue weighted by Gasteiger charge is 2.68. The molecule has 108 valence electrons. The van der Waals surface area contributed by atoms with Gasteiger partial charge in [0.05, 0.1) is 6.42 Å². The van der Waals surface area contributed by atoms with E-state index in [0.717, 1.165) is 12.8 Å². The molecule has 0 N–H and O–H groups in total. The molecule has 3 fully saturated rings. The van der Waals surface area contributed by atoms with E-state index in [9.17, 15) is 4.79 Å². The van der Waals surface area contributed by atoms with Gasteiger partial charge < -0.3 is 9.47 Å². The molecule has 4 atom stereocenters. The van der Waals surface area contributed by atoms with E-state index in [1.54, 1.807) is 7.11 Å². The van der Waals surface area contributed by atoms with Gasteiger partial charge in [-0.25, -0.2) is 0 Å². The zero-order valence-corrected chi connectivity index (χ0v) is 12.6. The van der Waals surface area contributed by atoms with E-state index in [2.05, 4.69) is 20.8 Å². The van der Waals surface area contributed by atoms with Crippen molar-refractivity contribution in [1.82, 2.24) is 0 Å². The molecule has 0 amide bonds. The fraction of sp³-hybridized carbons (Fsp3) is 0.938. The predicted molar refractivity (Wildman–Crippen MR) is 72.4 cm³/mol. The average Bonchev–Trinajstić information content (AvgIpc) is 2.66. The Labute approximate surface area is 116 Å². The molecule has 0 bridgehead atoms. The van der Waals surface area contributed by atoms with Gasteiger partial charge in [-0.2, -0.15) is 0 Å². The zero-order valence-electron chi connectivity index (χ0n) is 12.6. The van der Waals surface area contributed by atoms with Gasteiger partial charge >= 0.3 is 5.97 Å². The molecule has 0 aromatic rings. The molecule has 3 rings (SSSR count). The number of fused-ring (bicyclic) bond motifs is 3. The largest absolute Gasteiger partial charge is 0.432 e. The van der Waals surface area contributed by atoms with Crippen molar-refractivity contribution in [2.75, 3.05) is 7.11 Å². The molecule has 2 saturated carbocycles. The Hall–Kier alpha value is -0.570. The molecule has 1 saturated heterocycles. The molecule has 1 heterocycles. The zero-order chi connectivity index (χ0) is 13.9. The minimum atomic E-state index is -0.662. The van der Waals surface area contributed by atoms with Crippen LogP contribution in [-0.2, 0) is 14.3 Å². The molecule has 19 heavy (non-hydrogen) atoms. The number of hydrogen-bond donors (Lipinski definition) is 0. The van der Waals surface area contributed by atoms with Crippen LogP contribution >= 0.6 is 0 Å². The van der Waals surface area contributed by atoms with Crippen LogP contribution in [0.2, 0.25) is 0 Å². The average molecular weight is 266 g/mol. The van der Waals surface area contributed by atoms with Crippen molar-refractivity contribution in [1.29, 1.82) is 0 Å². The molecule has 2 aliphatic carbocycles. The van der Waals surface area contributed by atoms with Crippen LogP contribution in [0.25, 0.3) is 0 Å². The van der Waals surface area contributed by atoms with Crippen molar-refractivity contribution >= 4 is 5.97 Å². The predicted octanol–water partition coefficient (Wildman–Crippen LogP) is 3.52. The molecule has 3 heteroatoms. The van der Waals surface area contributed by atoms with Crippen molar-refractivity contribution in [2.45, 2.75) is 65.1 Å². The first-order valence-corrected chi connectivity index (χ1v) is 7.63. The van der Waals surface area contributed by atoms with Gasteiger partial charge in [0.25, 0.3) is 0 Å². The molecule has 1 aliphatic heterocycles. The first-order chi connectivity index (χ1) is 8.86. The van der Waals surface area contributed by atoms with E-state index in [0.29, 0.717) is 17.8 Å². The summed E-state index contributed by atoms with van der Waals surface area (Å²) in [5, 5.41) is 0. The highest BCUT2D eigenvalue weighted by atomic mass is 16.7. The van der Waals surface area contributed by atoms with Crippen molar-refractivity contribution in [3.8, 4) is 0 Å². The van der Waals surface area contributed by atoms with E-state index >= 15 is 0 Å². The SMILES string of the molecule is CO[C@]12OC(=O)C[C@H]1CC[C@H]1C(C)(C)CCC[C@@]12C. The third-order valence-electron chi connectivity index (χ3n) is 6.35. The van der Waals surface area contributed by atoms with Crippen LogP contribution in [0.3, 0.4) is 0 Å². The molecule has 0 aromatic heterocycles. The lowest BCUT2D eigenvalue weighted by Gasteiger charge is -2.61. The number of esters is 1. The van der Waals surface area contributed by atoms with Crippen molar-refractivity contribution in [3.05, 3.63) is 0 Å². The summed E-state index contributed by atoms with van der Waals surface area (Å²) in [7, 11) is 1.72. The minimum absolute atomic E-state index is 0.0292. The maximum Gasteiger partial charge on any atom is 0.308 e. The van der Waals surface area contributed by atoms with Crippen LogP contribution in [-0.4, -0.2) is 18.9 Å². The Bertz CT molecular complexity index is 403.